The largest absolute Gasteiger partial charge is 0.328 e. The molecule has 0 radical (unpaired) electrons. The Morgan fingerprint density at radius 3 is 2.47 bits per heavy atom. The molecule has 1 fully saturated rings. The number of amides is 2. The SMILES string of the molecule is CC1(C(=O)NS(=O)(=O)c2ccc(F)cc2F)CCN1C(=O)C/C=C/c1ccccc1. The number of hydrogen-bond acceptors (Lipinski definition) is 4. The number of carbonyl (C=O) groups is 2. The number of sulfonamides is 1. The van der Waals surface area contributed by atoms with E-state index in [1.165, 1.54) is 11.8 Å². The van der Waals surface area contributed by atoms with Crippen LogP contribution in [0.5, 0.6) is 0 Å². The molecule has 1 aliphatic rings. The van der Waals surface area contributed by atoms with Gasteiger partial charge in [-0.3, -0.25) is 9.59 Å². The zero-order valence-corrected chi connectivity index (χ0v) is 17.0. The Morgan fingerprint density at radius 1 is 1.17 bits per heavy atom. The second-order valence-corrected chi connectivity index (χ2v) is 8.75. The number of nitrogens with zero attached hydrogens (tertiary/aromatic N) is 1. The second-order valence-electron chi connectivity index (χ2n) is 7.10. The van der Waals surface area contributed by atoms with Gasteiger partial charge in [-0.2, -0.15) is 0 Å². The van der Waals surface area contributed by atoms with Crippen LogP contribution in [0.1, 0.15) is 25.3 Å². The van der Waals surface area contributed by atoms with Crippen molar-refractivity contribution in [2.75, 3.05) is 6.54 Å². The highest BCUT2D eigenvalue weighted by Crippen LogP contribution is 2.32. The third-order valence-electron chi connectivity index (χ3n) is 5.02. The van der Waals surface area contributed by atoms with Crippen LogP contribution in [0.2, 0.25) is 0 Å². The van der Waals surface area contributed by atoms with Crippen molar-refractivity contribution < 1.29 is 26.8 Å². The van der Waals surface area contributed by atoms with Crippen LogP contribution >= 0.6 is 0 Å². The second kappa shape index (κ2) is 8.35. The minimum atomic E-state index is -4.56. The Hall–Kier alpha value is -3.07. The highest BCUT2D eigenvalue weighted by molar-refractivity contribution is 7.90. The number of nitrogens with one attached hydrogen (secondary N) is 1. The summed E-state index contributed by atoms with van der Waals surface area (Å²) in [6.45, 7) is 1.74. The topological polar surface area (TPSA) is 83.6 Å². The lowest BCUT2D eigenvalue weighted by Crippen LogP contribution is -2.67. The van der Waals surface area contributed by atoms with Gasteiger partial charge in [-0.15, -0.1) is 0 Å². The van der Waals surface area contributed by atoms with E-state index in [0.717, 1.165) is 17.7 Å². The smallest absolute Gasteiger partial charge is 0.267 e. The maximum atomic E-state index is 13.8. The highest BCUT2D eigenvalue weighted by atomic mass is 32.2. The van der Waals surface area contributed by atoms with Gasteiger partial charge in [0, 0.05) is 19.0 Å². The van der Waals surface area contributed by atoms with E-state index < -0.39 is 38.0 Å². The number of likely N-dealkylation sites (tertiary alicyclic amines) is 1. The lowest BCUT2D eigenvalue weighted by Gasteiger charge is -2.48. The van der Waals surface area contributed by atoms with Crippen molar-refractivity contribution in [3.63, 3.8) is 0 Å². The Kier molecular flexibility index (Phi) is 6.02. The van der Waals surface area contributed by atoms with Crippen LogP contribution in [0.4, 0.5) is 8.78 Å². The Labute approximate surface area is 173 Å². The van der Waals surface area contributed by atoms with Crippen molar-refractivity contribution in [2.24, 2.45) is 0 Å². The number of rotatable bonds is 6. The molecule has 0 bridgehead atoms. The number of benzene rings is 2. The zero-order chi connectivity index (χ0) is 21.9. The average Bonchev–Trinajstić information content (AvgIpc) is 2.66. The molecule has 1 heterocycles. The summed E-state index contributed by atoms with van der Waals surface area (Å²) in [5.41, 5.74) is -0.455. The summed E-state index contributed by atoms with van der Waals surface area (Å²) in [4.78, 5) is 25.6. The Bertz CT molecular complexity index is 1100. The first-order chi connectivity index (χ1) is 14.1. The van der Waals surface area contributed by atoms with Gasteiger partial charge in [-0.1, -0.05) is 42.5 Å². The molecular formula is C21H20F2N2O4S. The van der Waals surface area contributed by atoms with Gasteiger partial charge in [0.15, 0.2) is 0 Å². The summed E-state index contributed by atoms with van der Waals surface area (Å²) in [5.74, 6) is -3.54. The van der Waals surface area contributed by atoms with E-state index in [1.807, 2.05) is 30.3 Å². The fraction of sp³-hybridized carbons (Fsp3) is 0.238. The van der Waals surface area contributed by atoms with E-state index in [-0.39, 0.29) is 18.7 Å². The molecule has 0 spiro atoms. The summed E-state index contributed by atoms with van der Waals surface area (Å²) in [6, 6.07) is 11.3. The maximum Gasteiger partial charge on any atom is 0.267 e. The first-order valence-corrected chi connectivity index (χ1v) is 10.7. The molecule has 1 N–H and O–H groups in total. The van der Waals surface area contributed by atoms with Gasteiger partial charge in [-0.05, 0) is 31.0 Å². The van der Waals surface area contributed by atoms with Crippen molar-refractivity contribution in [2.45, 2.75) is 30.2 Å². The van der Waals surface area contributed by atoms with Gasteiger partial charge < -0.3 is 4.90 Å². The van der Waals surface area contributed by atoms with E-state index in [4.69, 9.17) is 0 Å². The Balaban J connectivity index is 1.68. The molecule has 2 aromatic rings. The minimum Gasteiger partial charge on any atom is -0.328 e. The van der Waals surface area contributed by atoms with Crippen LogP contribution < -0.4 is 4.72 Å². The standard InChI is InChI=1S/C21H20F2N2O4S/c1-21(20(27)24-30(28,29)18-11-10-16(22)14-17(18)23)12-13-25(21)19(26)9-5-8-15-6-3-2-4-7-15/h2-8,10-11,14H,9,12-13H2,1H3,(H,24,27)/b8-5+. The van der Waals surface area contributed by atoms with Crippen LogP contribution in [0.15, 0.2) is 59.5 Å². The average molecular weight is 434 g/mol. The van der Waals surface area contributed by atoms with Crippen LogP contribution in [-0.2, 0) is 19.6 Å². The summed E-state index contributed by atoms with van der Waals surface area (Å²) in [6.07, 6.45) is 3.74. The Morgan fingerprint density at radius 2 is 1.87 bits per heavy atom. The molecule has 1 saturated heterocycles. The molecular weight excluding hydrogens is 414 g/mol. The van der Waals surface area contributed by atoms with Crippen LogP contribution in [0.3, 0.4) is 0 Å². The summed E-state index contributed by atoms with van der Waals surface area (Å²) < 4.78 is 53.4. The highest BCUT2D eigenvalue weighted by Gasteiger charge is 2.50. The van der Waals surface area contributed by atoms with Gasteiger partial charge in [0.1, 0.15) is 22.1 Å². The van der Waals surface area contributed by atoms with E-state index in [1.54, 1.807) is 16.9 Å². The van der Waals surface area contributed by atoms with Crippen LogP contribution in [0, 0.1) is 11.6 Å². The fourth-order valence-electron chi connectivity index (χ4n) is 3.15. The van der Waals surface area contributed by atoms with Gasteiger partial charge in [0.25, 0.3) is 15.9 Å². The van der Waals surface area contributed by atoms with E-state index >= 15 is 0 Å². The molecule has 30 heavy (non-hydrogen) atoms. The molecule has 1 atom stereocenters. The number of carbonyl (C=O) groups excluding carboxylic acids is 2. The fourth-order valence-corrected chi connectivity index (χ4v) is 4.28. The summed E-state index contributed by atoms with van der Waals surface area (Å²) in [7, 11) is -4.56. The molecule has 2 amide bonds. The third kappa shape index (κ3) is 4.40. The number of halogens is 2. The predicted molar refractivity (Wildman–Crippen MR) is 107 cm³/mol. The van der Waals surface area contributed by atoms with Gasteiger partial charge in [0.05, 0.1) is 0 Å². The molecule has 6 nitrogen and oxygen atoms in total. The maximum absolute atomic E-state index is 13.8. The molecule has 0 aliphatic carbocycles. The first kappa shape index (κ1) is 21.6. The molecule has 2 aromatic carbocycles. The summed E-state index contributed by atoms with van der Waals surface area (Å²) in [5, 5.41) is 0. The van der Waals surface area contributed by atoms with Crippen LogP contribution in [0.25, 0.3) is 6.08 Å². The van der Waals surface area contributed by atoms with E-state index in [0.29, 0.717) is 12.6 Å². The minimum absolute atomic E-state index is 0.0388. The monoisotopic (exact) mass is 434 g/mol. The van der Waals surface area contributed by atoms with Crippen molar-refractivity contribution in [1.29, 1.82) is 0 Å². The molecule has 9 heteroatoms. The molecule has 0 aromatic heterocycles. The molecule has 3 rings (SSSR count). The van der Waals surface area contributed by atoms with Gasteiger partial charge in [-0.25, -0.2) is 21.9 Å². The van der Waals surface area contributed by atoms with Crippen molar-refractivity contribution >= 4 is 27.9 Å². The number of hydrogen-bond donors (Lipinski definition) is 1. The molecule has 0 saturated carbocycles. The zero-order valence-electron chi connectivity index (χ0n) is 16.1. The molecule has 1 aliphatic heterocycles. The molecule has 158 valence electrons. The van der Waals surface area contributed by atoms with E-state index in [2.05, 4.69) is 0 Å². The summed E-state index contributed by atoms with van der Waals surface area (Å²) >= 11 is 0. The van der Waals surface area contributed by atoms with Gasteiger partial charge in [0.2, 0.25) is 5.91 Å². The quantitative estimate of drug-likeness (QED) is 0.758. The van der Waals surface area contributed by atoms with Gasteiger partial charge >= 0.3 is 0 Å². The normalized spacial score (nSPS) is 18.8. The third-order valence-corrected chi connectivity index (χ3v) is 6.39. The lowest BCUT2D eigenvalue weighted by molar-refractivity contribution is -0.155. The predicted octanol–water partition coefficient (Wildman–Crippen LogP) is 2.86. The molecule has 1 unspecified atom stereocenters. The van der Waals surface area contributed by atoms with E-state index in [9.17, 15) is 26.8 Å². The van der Waals surface area contributed by atoms with Crippen molar-refractivity contribution in [1.82, 2.24) is 9.62 Å². The van der Waals surface area contributed by atoms with Crippen molar-refractivity contribution in [3.05, 3.63) is 71.8 Å². The van der Waals surface area contributed by atoms with Crippen molar-refractivity contribution in [3.8, 4) is 0 Å². The first-order valence-electron chi connectivity index (χ1n) is 9.18. The lowest BCUT2D eigenvalue weighted by atomic mass is 9.85. The van der Waals surface area contributed by atoms with Crippen LogP contribution in [-0.4, -0.2) is 37.2 Å².